The van der Waals surface area contributed by atoms with Crippen LogP contribution >= 0.6 is 11.6 Å². The average molecular weight is 466 g/mol. The van der Waals surface area contributed by atoms with Crippen molar-refractivity contribution in [3.05, 3.63) is 53.6 Å². The van der Waals surface area contributed by atoms with E-state index >= 15 is 0 Å². The molecule has 4 heterocycles. The van der Waals surface area contributed by atoms with Crippen LogP contribution in [0.25, 0.3) is 16.7 Å². The van der Waals surface area contributed by atoms with Crippen LogP contribution in [-0.2, 0) is 11.8 Å². The molecule has 1 aliphatic rings. The molecular weight excluding hydrogens is 444 g/mol. The monoisotopic (exact) mass is 465 g/mol. The minimum Gasteiger partial charge on any atom is -0.445 e. The predicted molar refractivity (Wildman–Crippen MR) is 124 cm³/mol. The van der Waals surface area contributed by atoms with Gasteiger partial charge in [0.05, 0.1) is 6.20 Å². The summed E-state index contributed by atoms with van der Waals surface area (Å²) in [5.74, 6) is 1.20. The molecule has 11 heteroatoms. The van der Waals surface area contributed by atoms with Gasteiger partial charge in [-0.25, -0.2) is 9.98 Å². The van der Waals surface area contributed by atoms with Crippen LogP contribution in [-0.4, -0.2) is 38.3 Å². The number of aryl methyl sites for hydroxylation is 1. The summed E-state index contributed by atoms with van der Waals surface area (Å²) >= 11 is 6.69. The van der Waals surface area contributed by atoms with Gasteiger partial charge in [-0.15, -0.1) is 0 Å². The number of hydrogen-bond acceptors (Lipinski definition) is 6. The number of aliphatic imine (C=N–C) groups is 1. The summed E-state index contributed by atoms with van der Waals surface area (Å²) in [6.07, 6.45) is 8.78. The normalized spacial score (nSPS) is 14.8. The second-order valence-corrected chi connectivity index (χ2v) is 8.15. The van der Waals surface area contributed by atoms with Crippen molar-refractivity contribution >= 4 is 45.8 Å². The van der Waals surface area contributed by atoms with Gasteiger partial charge in [0, 0.05) is 31.9 Å². The highest BCUT2D eigenvalue weighted by Gasteiger charge is 2.25. The standard InChI is InChI=1S/C22H21ClN8O2/c1-25-21(32)14(9-13(24)12-6-7-12)28-22-29-20-19(30(22)2)18(23)17(10-26-20)33-16-11-27-31-8-4-3-5-15(16)31/h3-5,8-12H,6-7H2,1-2H3,(H3,24,25,26,28,29,32)/p+1. The van der Waals surface area contributed by atoms with Crippen molar-refractivity contribution < 1.29 is 14.0 Å². The van der Waals surface area contributed by atoms with Crippen molar-refractivity contribution in [2.75, 3.05) is 7.05 Å². The first-order chi connectivity index (χ1) is 16.0. The Balaban J connectivity index is 1.55. The summed E-state index contributed by atoms with van der Waals surface area (Å²) < 4.78 is 9.54. The molecule has 4 aromatic heterocycles. The number of aromatic amines is 1. The number of halogens is 1. The Morgan fingerprint density at radius 2 is 2.24 bits per heavy atom. The SMILES string of the molecule is CNC(=O)C(/C=C(\N)C1CC1)=N/c1nc2ncc(Oc3c[nH][n+]4ccccc34)c(Cl)c2n1C. The van der Waals surface area contributed by atoms with Crippen LogP contribution in [0, 0.1) is 5.92 Å². The van der Waals surface area contributed by atoms with Crippen molar-refractivity contribution in [1.82, 2.24) is 25.0 Å². The van der Waals surface area contributed by atoms with Gasteiger partial charge >= 0.3 is 0 Å². The van der Waals surface area contributed by atoms with Gasteiger partial charge in [-0.3, -0.25) is 4.79 Å². The zero-order valence-corrected chi connectivity index (χ0v) is 18.8. The van der Waals surface area contributed by atoms with E-state index in [9.17, 15) is 4.79 Å². The van der Waals surface area contributed by atoms with Crippen molar-refractivity contribution in [2.45, 2.75) is 12.8 Å². The third kappa shape index (κ3) is 3.89. The van der Waals surface area contributed by atoms with E-state index in [0.29, 0.717) is 39.3 Å². The molecule has 5 rings (SSSR count). The summed E-state index contributed by atoms with van der Waals surface area (Å²) in [6, 6.07) is 5.74. The lowest BCUT2D eigenvalue weighted by atomic mass is 10.2. The molecule has 1 saturated carbocycles. The molecule has 168 valence electrons. The summed E-state index contributed by atoms with van der Waals surface area (Å²) in [5, 5.41) is 6.01. The number of allylic oxidation sites excluding steroid dienone is 1. The van der Waals surface area contributed by atoms with Gasteiger partial charge in [-0.2, -0.15) is 10.1 Å². The van der Waals surface area contributed by atoms with Gasteiger partial charge in [-0.1, -0.05) is 16.1 Å². The van der Waals surface area contributed by atoms with Gasteiger partial charge < -0.3 is 20.4 Å². The molecule has 0 spiro atoms. The molecule has 0 aromatic carbocycles. The van der Waals surface area contributed by atoms with E-state index in [1.807, 2.05) is 28.9 Å². The van der Waals surface area contributed by atoms with E-state index in [1.165, 1.54) is 6.20 Å². The van der Waals surface area contributed by atoms with E-state index in [2.05, 4.69) is 25.4 Å². The molecular formula is C22H22ClN8O2+. The highest BCUT2D eigenvalue weighted by Crippen LogP contribution is 2.36. The summed E-state index contributed by atoms with van der Waals surface area (Å²) in [5.41, 5.74) is 8.69. The fraction of sp³-hybridized carbons (Fsp3) is 0.227. The van der Waals surface area contributed by atoms with Crippen LogP contribution in [0.3, 0.4) is 0 Å². The average Bonchev–Trinajstić information content (AvgIpc) is 3.53. The van der Waals surface area contributed by atoms with E-state index in [4.69, 9.17) is 22.1 Å². The van der Waals surface area contributed by atoms with Gasteiger partial charge in [0.15, 0.2) is 11.4 Å². The molecule has 10 nitrogen and oxygen atoms in total. The number of rotatable bonds is 6. The first-order valence-corrected chi connectivity index (χ1v) is 10.8. The predicted octanol–water partition coefficient (Wildman–Crippen LogP) is 2.55. The number of nitrogens with two attached hydrogens (primary N) is 1. The van der Waals surface area contributed by atoms with Crippen LogP contribution in [0.5, 0.6) is 11.5 Å². The smallest absolute Gasteiger partial charge is 0.279 e. The Labute approximate surface area is 193 Å². The molecule has 1 amide bonds. The Morgan fingerprint density at radius 3 is 3.00 bits per heavy atom. The van der Waals surface area contributed by atoms with Crippen molar-refractivity contribution in [1.29, 1.82) is 0 Å². The fourth-order valence-electron chi connectivity index (χ4n) is 3.51. The number of pyridine rings is 2. The van der Waals surface area contributed by atoms with Gasteiger partial charge in [0.2, 0.25) is 17.9 Å². The number of carbonyl (C=O) groups is 1. The number of nitrogens with zero attached hydrogens (tertiary/aromatic N) is 5. The van der Waals surface area contributed by atoms with Gasteiger partial charge in [-0.05, 0) is 30.9 Å². The molecule has 33 heavy (non-hydrogen) atoms. The number of nitrogens with one attached hydrogen (secondary N) is 2. The summed E-state index contributed by atoms with van der Waals surface area (Å²) in [6.45, 7) is 0. The molecule has 0 unspecified atom stereocenters. The third-order valence-corrected chi connectivity index (χ3v) is 5.85. The van der Waals surface area contributed by atoms with E-state index in [0.717, 1.165) is 18.4 Å². The number of ether oxygens (including phenoxy) is 1. The maximum Gasteiger partial charge on any atom is 0.279 e. The molecule has 0 bridgehead atoms. The molecule has 1 aliphatic carbocycles. The highest BCUT2D eigenvalue weighted by molar-refractivity contribution is 6.43. The number of hydrogen-bond donors (Lipinski definition) is 3. The van der Waals surface area contributed by atoms with E-state index in [-0.39, 0.29) is 17.6 Å². The lowest BCUT2D eigenvalue weighted by Crippen LogP contribution is -2.27. The Morgan fingerprint density at radius 1 is 1.42 bits per heavy atom. The van der Waals surface area contributed by atoms with Crippen LogP contribution in [0.4, 0.5) is 5.95 Å². The minimum absolute atomic E-state index is 0.170. The fourth-order valence-corrected chi connectivity index (χ4v) is 3.81. The largest absolute Gasteiger partial charge is 0.445 e. The van der Waals surface area contributed by atoms with Crippen molar-refractivity contribution in [3.8, 4) is 11.5 Å². The number of amides is 1. The molecule has 0 saturated heterocycles. The molecule has 4 aromatic rings. The summed E-state index contributed by atoms with van der Waals surface area (Å²) in [4.78, 5) is 25.7. The highest BCUT2D eigenvalue weighted by atomic mass is 35.5. The van der Waals surface area contributed by atoms with Crippen LogP contribution < -0.4 is 20.3 Å². The maximum absolute atomic E-state index is 12.4. The molecule has 0 radical (unpaired) electrons. The van der Waals surface area contributed by atoms with Crippen LogP contribution in [0.1, 0.15) is 12.8 Å². The van der Waals surface area contributed by atoms with Crippen LogP contribution in [0.2, 0.25) is 5.02 Å². The minimum atomic E-state index is -0.356. The maximum atomic E-state index is 12.4. The Kier molecular flexibility index (Phi) is 5.21. The zero-order valence-electron chi connectivity index (χ0n) is 18.0. The second-order valence-electron chi connectivity index (χ2n) is 7.77. The van der Waals surface area contributed by atoms with Gasteiger partial charge in [0.25, 0.3) is 11.4 Å². The van der Waals surface area contributed by atoms with Crippen molar-refractivity contribution in [2.24, 2.45) is 23.7 Å². The van der Waals surface area contributed by atoms with Crippen LogP contribution in [0.15, 0.2) is 53.6 Å². The number of fused-ring (bicyclic) bond motifs is 2. The summed E-state index contributed by atoms with van der Waals surface area (Å²) in [7, 11) is 3.29. The van der Waals surface area contributed by atoms with E-state index in [1.54, 1.807) is 30.9 Å². The molecule has 0 atom stereocenters. The Bertz CT molecular complexity index is 1450. The second kappa shape index (κ2) is 8.21. The number of aromatic nitrogens is 5. The third-order valence-electron chi connectivity index (χ3n) is 5.48. The quantitative estimate of drug-likeness (QED) is 0.298. The molecule has 4 N–H and O–H groups in total. The lowest BCUT2D eigenvalue weighted by Gasteiger charge is -2.06. The first-order valence-electron chi connectivity index (χ1n) is 10.4. The zero-order chi connectivity index (χ0) is 23.1. The number of carbonyl (C=O) groups excluding carboxylic acids is 1. The van der Waals surface area contributed by atoms with E-state index < -0.39 is 0 Å². The number of imidazole rings is 1. The topological polar surface area (TPSA) is 127 Å². The van der Waals surface area contributed by atoms with Crippen molar-refractivity contribution in [3.63, 3.8) is 0 Å². The molecule has 0 aliphatic heterocycles. The lowest BCUT2D eigenvalue weighted by molar-refractivity contribution is -0.576. The number of H-pyrrole nitrogens is 1. The molecule has 1 fully saturated rings. The van der Waals surface area contributed by atoms with Gasteiger partial charge in [0.1, 0.15) is 22.4 Å². The Hall–Kier alpha value is -3.92. The first kappa shape index (κ1) is 21.0.